The molecule has 0 aliphatic carbocycles. The maximum absolute atomic E-state index is 10.6. The Morgan fingerprint density at radius 1 is 0.900 bits per heavy atom. The fourth-order valence-electron chi connectivity index (χ4n) is 1.62. The number of hydrogen-bond donors (Lipinski definition) is 1. The Morgan fingerprint density at radius 2 is 1.40 bits per heavy atom. The number of benzene rings is 2. The third kappa shape index (κ3) is 4.26. The van der Waals surface area contributed by atoms with Crippen LogP contribution in [0, 0.1) is 20.8 Å². The predicted octanol–water partition coefficient (Wildman–Crippen LogP) is 5.30. The average molecular weight is 311 g/mol. The van der Waals surface area contributed by atoms with Crippen LogP contribution in [0.5, 0.6) is 0 Å². The molecule has 0 spiro atoms. The molecule has 0 fully saturated rings. The van der Waals surface area contributed by atoms with Crippen molar-refractivity contribution < 1.29 is 9.90 Å². The van der Waals surface area contributed by atoms with Crippen molar-refractivity contribution >= 4 is 29.2 Å². The minimum atomic E-state index is -0.979. The van der Waals surface area contributed by atoms with Crippen molar-refractivity contribution in [1.82, 2.24) is 0 Å². The van der Waals surface area contributed by atoms with Crippen LogP contribution in [0.15, 0.2) is 36.4 Å². The van der Waals surface area contributed by atoms with Gasteiger partial charge in [-0.05, 0) is 49.6 Å². The molecular formula is C16H16Cl2O2. The zero-order valence-corrected chi connectivity index (χ0v) is 13.1. The minimum absolute atomic E-state index is 0.189. The fraction of sp³-hybridized carbons (Fsp3) is 0.188. The second-order valence-corrected chi connectivity index (χ2v) is 5.23. The van der Waals surface area contributed by atoms with Crippen LogP contribution in [0.4, 0.5) is 0 Å². The SMILES string of the molecule is Cc1cccc(Cl)c1C.Cc1cccc(Cl)c1C(=O)O. The lowest BCUT2D eigenvalue weighted by atomic mass is 10.1. The molecular weight excluding hydrogens is 295 g/mol. The topological polar surface area (TPSA) is 37.3 Å². The van der Waals surface area contributed by atoms with E-state index < -0.39 is 5.97 Å². The molecule has 0 aromatic heterocycles. The number of hydrogen-bond acceptors (Lipinski definition) is 1. The number of carboxylic acid groups (broad SMARTS) is 1. The molecule has 0 bridgehead atoms. The smallest absolute Gasteiger partial charge is 0.337 e. The minimum Gasteiger partial charge on any atom is -0.478 e. The number of rotatable bonds is 1. The third-order valence-corrected chi connectivity index (χ3v) is 3.70. The molecule has 0 amide bonds. The van der Waals surface area contributed by atoms with Gasteiger partial charge in [0.2, 0.25) is 0 Å². The van der Waals surface area contributed by atoms with Gasteiger partial charge in [-0.2, -0.15) is 0 Å². The molecule has 0 aliphatic rings. The molecule has 1 N–H and O–H groups in total. The summed E-state index contributed by atoms with van der Waals surface area (Å²) in [6.07, 6.45) is 0. The summed E-state index contributed by atoms with van der Waals surface area (Å²) in [6, 6.07) is 10.9. The number of carbonyl (C=O) groups is 1. The molecule has 2 aromatic carbocycles. The summed E-state index contributed by atoms with van der Waals surface area (Å²) in [5.74, 6) is -0.979. The Balaban J connectivity index is 0.000000204. The maximum Gasteiger partial charge on any atom is 0.337 e. The van der Waals surface area contributed by atoms with Gasteiger partial charge in [0.1, 0.15) is 0 Å². The van der Waals surface area contributed by atoms with Crippen LogP contribution in [0.2, 0.25) is 10.0 Å². The average Bonchev–Trinajstić information content (AvgIpc) is 2.36. The van der Waals surface area contributed by atoms with E-state index in [1.54, 1.807) is 25.1 Å². The molecule has 0 saturated carbocycles. The lowest BCUT2D eigenvalue weighted by Crippen LogP contribution is -1.99. The van der Waals surface area contributed by atoms with Crippen molar-refractivity contribution in [1.29, 1.82) is 0 Å². The van der Waals surface area contributed by atoms with E-state index in [9.17, 15) is 4.79 Å². The van der Waals surface area contributed by atoms with E-state index in [0.29, 0.717) is 5.56 Å². The quantitative estimate of drug-likeness (QED) is 0.775. The largest absolute Gasteiger partial charge is 0.478 e. The lowest BCUT2D eigenvalue weighted by molar-refractivity contribution is 0.0696. The first-order valence-electron chi connectivity index (χ1n) is 6.04. The van der Waals surface area contributed by atoms with Gasteiger partial charge in [0.15, 0.2) is 0 Å². The summed E-state index contributed by atoms with van der Waals surface area (Å²) in [7, 11) is 0. The summed E-state index contributed by atoms with van der Waals surface area (Å²) in [5, 5.41) is 9.81. The van der Waals surface area contributed by atoms with Crippen molar-refractivity contribution in [3.8, 4) is 0 Å². The van der Waals surface area contributed by atoms with Gasteiger partial charge >= 0.3 is 5.97 Å². The van der Waals surface area contributed by atoms with Crippen LogP contribution in [-0.4, -0.2) is 11.1 Å². The van der Waals surface area contributed by atoms with Gasteiger partial charge in [-0.25, -0.2) is 4.79 Å². The second-order valence-electron chi connectivity index (χ2n) is 4.42. The molecule has 0 unspecified atom stereocenters. The Kier molecular flexibility index (Phi) is 6.05. The predicted molar refractivity (Wildman–Crippen MR) is 84.1 cm³/mol. The van der Waals surface area contributed by atoms with Crippen LogP contribution in [0.25, 0.3) is 0 Å². The van der Waals surface area contributed by atoms with Gasteiger partial charge in [-0.3, -0.25) is 0 Å². The Labute approximate surface area is 129 Å². The normalized spacial score (nSPS) is 9.65. The summed E-state index contributed by atoms with van der Waals surface area (Å²) < 4.78 is 0. The van der Waals surface area contributed by atoms with E-state index in [2.05, 4.69) is 13.0 Å². The Morgan fingerprint density at radius 3 is 1.75 bits per heavy atom. The van der Waals surface area contributed by atoms with Gasteiger partial charge in [-0.1, -0.05) is 47.5 Å². The summed E-state index contributed by atoms with van der Waals surface area (Å²) in [5.41, 5.74) is 3.31. The summed E-state index contributed by atoms with van der Waals surface area (Å²) >= 11 is 11.5. The molecule has 0 saturated heterocycles. The molecule has 106 valence electrons. The van der Waals surface area contributed by atoms with Gasteiger partial charge in [0.25, 0.3) is 0 Å². The molecule has 2 aromatic rings. The lowest BCUT2D eigenvalue weighted by Gasteiger charge is -2.00. The molecule has 0 radical (unpaired) electrons. The highest BCUT2D eigenvalue weighted by Crippen LogP contribution is 2.19. The number of carboxylic acids is 1. The second kappa shape index (κ2) is 7.32. The first kappa shape index (κ1) is 16.5. The van der Waals surface area contributed by atoms with Crippen molar-refractivity contribution in [2.24, 2.45) is 0 Å². The highest BCUT2D eigenvalue weighted by Gasteiger charge is 2.09. The highest BCUT2D eigenvalue weighted by atomic mass is 35.5. The van der Waals surface area contributed by atoms with Crippen molar-refractivity contribution in [3.63, 3.8) is 0 Å². The van der Waals surface area contributed by atoms with Crippen LogP contribution >= 0.6 is 23.2 Å². The van der Waals surface area contributed by atoms with Crippen LogP contribution in [0.3, 0.4) is 0 Å². The van der Waals surface area contributed by atoms with Gasteiger partial charge < -0.3 is 5.11 Å². The van der Waals surface area contributed by atoms with E-state index in [-0.39, 0.29) is 10.6 Å². The zero-order valence-electron chi connectivity index (χ0n) is 11.6. The van der Waals surface area contributed by atoms with Crippen molar-refractivity contribution in [2.45, 2.75) is 20.8 Å². The molecule has 0 heterocycles. The Hall–Kier alpha value is -1.51. The van der Waals surface area contributed by atoms with E-state index in [4.69, 9.17) is 28.3 Å². The monoisotopic (exact) mass is 310 g/mol. The molecule has 4 heteroatoms. The van der Waals surface area contributed by atoms with Crippen LogP contribution in [-0.2, 0) is 0 Å². The van der Waals surface area contributed by atoms with E-state index >= 15 is 0 Å². The third-order valence-electron chi connectivity index (χ3n) is 2.97. The van der Waals surface area contributed by atoms with Crippen LogP contribution in [0.1, 0.15) is 27.0 Å². The number of aryl methyl sites for hydroxylation is 2. The molecule has 0 atom stereocenters. The Bertz CT molecular complexity index is 581. The highest BCUT2D eigenvalue weighted by molar-refractivity contribution is 6.33. The van der Waals surface area contributed by atoms with Crippen molar-refractivity contribution in [3.05, 3.63) is 68.7 Å². The summed E-state index contributed by atoms with van der Waals surface area (Å²) in [4.78, 5) is 10.6. The van der Waals surface area contributed by atoms with E-state index in [1.807, 2.05) is 19.1 Å². The van der Waals surface area contributed by atoms with E-state index in [0.717, 1.165) is 5.02 Å². The van der Waals surface area contributed by atoms with E-state index in [1.165, 1.54) is 11.1 Å². The van der Waals surface area contributed by atoms with Gasteiger partial charge in [-0.15, -0.1) is 0 Å². The van der Waals surface area contributed by atoms with Crippen molar-refractivity contribution in [2.75, 3.05) is 0 Å². The molecule has 20 heavy (non-hydrogen) atoms. The van der Waals surface area contributed by atoms with Gasteiger partial charge in [0.05, 0.1) is 10.6 Å². The zero-order chi connectivity index (χ0) is 15.3. The van der Waals surface area contributed by atoms with Gasteiger partial charge in [0, 0.05) is 5.02 Å². The maximum atomic E-state index is 10.6. The first-order chi connectivity index (χ1) is 9.34. The number of aromatic carboxylic acids is 1. The standard InChI is InChI=1S/C8H7ClO2.C8H9Cl/c1-5-3-2-4-6(9)7(5)8(10)11;1-6-4-3-5-8(9)7(6)2/h2-4H,1H3,(H,10,11);3-5H,1-2H3. The number of halogens is 2. The fourth-order valence-corrected chi connectivity index (χ4v) is 2.14. The molecule has 2 nitrogen and oxygen atoms in total. The molecule has 0 aliphatic heterocycles. The molecule has 2 rings (SSSR count). The van der Waals surface area contributed by atoms with Crippen LogP contribution < -0.4 is 0 Å². The first-order valence-corrected chi connectivity index (χ1v) is 6.80. The summed E-state index contributed by atoms with van der Waals surface area (Å²) in [6.45, 7) is 5.80.